The topological polar surface area (TPSA) is 61.4 Å². The second-order valence-electron chi connectivity index (χ2n) is 4.94. The number of rotatable bonds is 6. The van der Waals surface area contributed by atoms with Crippen LogP contribution in [-0.2, 0) is 4.79 Å². The highest BCUT2D eigenvalue weighted by atomic mass is 16.2. The average molecular weight is 277 g/mol. The van der Waals surface area contributed by atoms with Crippen molar-refractivity contribution in [2.75, 3.05) is 32.5 Å². The summed E-state index contributed by atoms with van der Waals surface area (Å²) >= 11 is 0. The first-order chi connectivity index (χ1) is 9.47. The molecule has 1 rings (SSSR count). The molecule has 0 aliphatic heterocycles. The average Bonchev–Trinajstić information content (AvgIpc) is 2.44. The van der Waals surface area contributed by atoms with Crippen molar-refractivity contribution in [3.05, 3.63) is 29.8 Å². The van der Waals surface area contributed by atoms with Gasteiger partial charge >= 0.3 is 0 Å². The maximum absolute atomic E-state index is 12.1. The quantitative estimate of drug-likeness (QED) is 0.830. The van der Waals surface area contributed by atoms with E-state index < -0.39 is 0 Å². The molecule has 0 aliphatic carbocycles. The van der Waals surface area contributed by atoms with E-state index in [9.17, 15) is 9.59 Å². The van der Waals surface area contributed by atoms with Gasteiger partial charge in [0, 0.05) is 26.6 Å². The van der Waals surface area contributed by atoms with E-state index >= 15 is 0 Å². The molecule has 1 aromatic carbocycles. The lowest BCUT2D eigenvalue weighted by Gasteiger charge is -2.17. The summed E-state index contributed by atoms with van der Waals surface area (Å²) in [5.41, 5.74) is 1.06. The standard InChI is InChI=1S/C15H23N3O2/c1-5-16-10-11(2)14(19)17-13-9-7-6-8-12(13)15(20)18(3)4/h6-9,11,16H,5,10H2,1-4H3,(H,17,19). The van der Waals surface area contributed by atoms with Crippen molar-refractivity contribution in [2.45, 2.75) is 13.8 Å². The molecular weight excluding hydrogens is 254 g/mol. The van der Waals surface area contributed by atoms with Crippen LogP contribution in [0, 0.1) is 5.92 Å². The highest BCUT2D eigenvalue weighted by Crippen LogP contribution is 2.17. The van der Waals surface area contributed by atoms with Crippen LogP contribution in [0.5, 0.6) is 0 Å². The van der Waals surface area contributed by atoms with Gasteiger partial charge in [-0.25, -0.2) is 0 Å². The monoisotopic (exact) mass is 277 g/mol. The third-order valence-electron chi connectivity index (χ3n) is 2.97. The largest absolute Gasteiger partial charge is 0.345 e. The molecule has 1 aromatic rings. The fourth-order valence-corrected chi connectivity index (χ4v) is 1.73. The first-order valence-corrected chi connectivity index (χ1v) is 6.79. The Kier molecular flexibility index (Phi) is 6.18. The van der Waals surface area contributed by atoms with Crippen LogP contribution in [0.2, 0.25) is 0 Å². The van der Waals surface area contributed by atoms with Gasteiger partial charge in [0.2, 0.25) is 5.91 Å². The third-order valence-corrected chi connectivity index (χ3v) is 2.97. The summed E-state index contributed by atoms with van der Waals surface area (Å²) < 4.78 is 0. The minimum atomic E-state index is -0.155. The van der Waals surface area contributed by atoms with Crippen LogP contribution in [0.1, 0.15) is 24.2 Å². The van der Waals surface area contributed by atoms with Crippen LogP contribution < -0.4 is 10.6 Å². The van der Waals surface area contributed by atoms with Gasteiger partial charge in [-0.3, -0.25) is 9.59 Å². The molecule has 0 aromatic heterocycles. The number of nitrogens with one attached hydrogen (secondary N) is 2. The molecule has 1 unspecified atom stereocenters. The summed E-state index contributed by atoms with van der Waals surface area (Å²) in [5.74, 6) is -0.373. The predicted octanol–water partition coefficient (Wildman–Crippen LogP) is 1.57. The Morgan fingerprint density at radius 3 is 2.50 bits per heavy atom. The van der Waals surface area contributed by atoms with Gasteiger partial charge in [0.25, 0.3) is 5.91 Å². The Morgan fingerprint density at radius 2 is 1.90 bits per heavy atom. The van der Waals surface area contributed by atoms with Crippen LogP contribution in [0.4, 0.5) is 5.69 Å². The molecule has 20 heavy (non-hydrogen) atoms. The Morgan fingerprint density at radius 1 is 1.25 bits per heavy atom. The summed E-state index contributed by atoms with van der Waals surface area (Å²) in [6.45, 7) is 5.30. The summed E-state index contributed by atoms with van der Waals surface area (Å²) in [7, 11) is 3.38. The molecule has 0 heterocycles. The zero-order chi connectivity index (χ0) is 15.1. The van der Waals surface area contributed by atoms with Crippen molar-refractivity contribution in [1.29, 1.82) is 0 Å². The summed E-state index contributed by atoms with van der Waals surface area (Å²) in [5, 5.41) is 5.96. The van der Waals surface area contributed by atoms with Crippen molar-refractivity contribution in [1.82, 2.24) is 10.2 Å². The molecule has 0 spiro atoms. The van der Waals surface area contributed by atoms with E-state index in [4.69, 9.17) is 0 Å². The maximum Gasteiger partial charge on any atom is 0.255 e. The van der Waals surface area contributed by atoms with Crippen LogP contribution in [-0.4, -0.2) is 43.9 Å². The van der Waals surface area contributed by atoms with Gasteiger partial charge in [-0.15, -0.1) is 0 Å². The first-order valence-electron chi connectivity index (χ1n) is 6.79. The number of anilines is 1. The van der Waals surface area contributed by atoms with Crippen molar-refractivity contribution >= 4 is 17.5 Å². The van der Waals surface area contributed by atoms with E-state index in [-0.39, 0.29) is 17.7 Å². The molecule has 0 bridgehead atoms. The van der Waals surface area contributed by atoms with E-state index in [1.165, 1.54) is 4.90 Å². The first kappa shape index (κ1) is 16.2. The van der Waals surface area contributed by atoms with Crippen LogP contribution in [0.3, 0.4) is 0 Å². The molecule has 0 radical (unpaired) electrons. The Bertz CT molecular complexity index is 472. The number of hydrogen-bond donors (Lipinski definition) is 2. The second kappa shape index (κ2) is 7.65. The Labute approximate surface area is 120 Å². The van der Waals surface area contributed by atoms with Crippen molar-refractivity contribution in [3.8, 4) is 0 Å². The number of hydrogen-bond acceptors (Lipinski definition) is 3. The second-order valence-corrected chi connectivity index (χ2v) is 4.94. The molecule has 2 amide bonds. The van der Waals surface area contributed by atoms with E-state index in [1.54, 1.807) is 38.4 Å². The van der Waals surface area contributed by atoms with Crippen LogP contribution in [0.25, 0.3) is 0 Å². The highest BCUT2D eigenvalue weighted by molar-refractivity contribution is 6.03. The zero-order valence-corrected chi connectivity index (χ0v) is 12.6. The molecule has 1 atom stereocenters. The van der Waals surface area contributed by atoms with Gasteiger partial charge in [-0.2, -0.15) is 0 Å². The molecule has 5 nitrogen and oxygen atoms in total. The van der Waals surface area contributed by atoms with E-state index in [2.05, 4.69) is 10.6 Å². The smallest absolute Gasteiger partial charge is 0.255 e. The van der Waals surface area contributed by atoms with Gasteiger partial charge in [0.1, 0.15) is 0 Å². The predicted molar refractivity (Wildman–Crippen MR) is 80.8 cm³/mol. The lowest BCUT2D eigenvalue weighted by atomic mass is 10.1. The fourth-order valence-electron chi connectivity index (χ4n) is 1.73. The molecule has 5 heteroatoms. The number of amides is 2. The number of nitrogens with zero attached hydrogens (tertiary/aromatic N) is 1. The number of benzene rings is 1. The molecule has 0 saturated heterocycles. The number of carbonyl (C=O) groups is 2. The van der Waals surface area contributed by atoms with Crippen molar-refractivity contribution in [3.63, 3.8) is 0 Å². The Balaban J connectivity index is 2.82. The molecule has 0 fully saturated rings. The van der Waals surface area contributed by atoms with Crippen molar-refractivity contribution in [2.24, 2.45) is 5.92 Å². The Hall–Kier alpha value is -1.88. The van der Waals surface area contributed by atoms with Gasteiger partial charge in [-0.05, 0) is 18.7 Å². The lowest BCUT2D eigenvalue weighted by Crippen LogP contribution is -2.31. The van der Waals surface area contributed by atoms with Gasteiger partial charge in [0.05, 0.1) is 11.3 Å². The number of carbonyl (C=O) groups excluding carboxylic acids is 2. The van der Waals surface area contributed by atoms with E-state index in [0.29, 0.717) is 17.8 Å². The summed E-state index contributed by atoms with van der Waals surface area (Å²) in [4.78, 5) is 25.6. The van der Waals surface area contributed by atoms with Crippen molar-refractivity contribution < 1.29 is 9.59 Å². The van der Waals surface area contributed by atoms with Crippen LogP contribution >= 0.6 is 0 Å². The van der Waals surface area contributed by atoms with Gasteiger partial charge < -0.3 is 15.5 Å². The summed E-state index contributed by atoms with van der Waals surface area (Å²) in [6.07, 6.45) is 0. The lowest BCUT2D eigenvalue weighted by molar-refractivity contribution is -0.119. The minimum Gasteiger partial charge on any atom is -0.345 e. The number of para-hydroxylation sites is 1. The molecular formula is C15H23N3O2. The maximum atomic E-state index is 12.1. The molecule has 0 saturated carbocycles. The normalized spacial score (nSPS) is 11.8. The van der Waals surface area contributed by atoms with Gasteiger partial charge in [-0.1, -0.05) is 26.0 Å². The van der Waals surface area contributed by atoms with Gasteiger partial charge in [0.15, 0.2) is 0 Å². The SMILES string of the molecule is CCNCC(C)C(=O)Nc1ccccc1C(=O)N(C)C. The van der Waals surface area contributed by atoms with E-state index in [1.807, 2.05) is 13.8 Å². The molecule has 0 aliphatic rings. The van der Waals surface area contributed by atoms with Crippen LogP contribution in [0.15, 0.2) is 24.3 Å². The van der Waals surface area contributed by atoms with E-state index in [0.717, 1.165) is 6.54 Å². The molecule has 2 N–H and O–H groups in total. The third kappa shape index (κ3) is 4.35. The summed E-state index contributed by atoms with van der Waals surface area (Å²) in [6, 6.07) is 7.05. The zero-order valence-electron chi connectivity index (χ0n) is 12.6. The highest BCUT2D eigenvalue weighted by Gasteiger charge is 2.17. The fraction of sp³-hybridized carbons (Fsp3) is 0.467. The molecule has 110 valence electrons. The minimum absolute atomic E-state index is 0.0926.